The fourth-order valence-corrected chi connectivity index (χ4v) is 4.21. The molecule has 0 bridgehead atoms. The zero-order valence-corrected chi connectivity index (χ0v) is 17.4. The van der Waals surface area contributed by atoms with Crippen molar-refractivity contribution in [3.8, 4) is 0 Å². The average Bonchev–Trinajstić information content (AvgIpc) is 3.57. The van der Waals surface area contributed by atoms with Crippen molar-refractivity contribution in [1.29, 1.82) is 0 Å². The van der Waals surface area contributed by atoms with Crippen molar-refractivity contribution in [2.24, 2.45) is 0 Å². The number of nitrogens with one attached hydrogen (secondary N) is 1. The van der Waals surface area contributed by atoms with Gasteiger partial charge in [-0.1, -0.05) is 12.1 Å². The van der Waals surface area contributed by atoms with E-state index in [9.17, 15) is 9.18 Å². The van der Waals surface area contributed by atoms with Gasteiger partial charge in [0.15, 0.2) is 0 Å². The topological polar surface area (TPSA) is 71.0 Å². The number of fused-ring (bicyclic) bond motifs is 1. The fourth-order valence-electron chi connectivity index (χ4n) is 4.21. The van der Waals surface area contributed by atoms with Crippen molar-refractivity contribution < 1.29 is 9.18 Å². The first-order valence-electron chi connectivity index (χ1n) is 10.7. The molecule has 6 nitrogen and oxygen atoms in total. The second-order valence-corrected chi connectivity index (χ2v) is 8.25. The molecule has 1 amide bonds. The highest BCUT2D eigenvalue weighted by atomic mass is 19.1. The van der Waals surface area contributed by atoms with E-state index < -0.39 is 17.3 Å². The molecule has 2 aliphatic rings. The average molecular weight is 417 g/mol. The Bertz CT molecular complexity index is 1140. The van der Waals surface area contributed by atoms with Crippen LogP contribution in [0.5, 0.6) is 0 Å². The lowest BCUT2D eigenvalue weighted by Gasteiger charge is -2.25. The van der Waals surface area contributed by atoms with Crippen molar-refractivity contribution in [3.63, 3.8) is 0 Å². The first kappa shape index (κ1) is 19.6. The van der Waals surface area contributed by atoms with Gasteiger partial charge in [-0.05, 0) is 69.4 Å². The summed E-state index contributed by atoms with van der Waals surface area (Å²) < 4.78 is 14.0. The highest BCUT2D eigenvalue weighted by Gasteiger charge is 2.47. The highest BCUT2D eigenvalue weighted by Crippen LogP contribution is 2.46. The summed E-state index contributed by atoms with van der Waals surface area (Å²) in [6.45, 7) is 2.76. The summed E-state index contributed by atoms with van der Waals surface area (Å²) in [5, 5.41) is 3.04. The summed E-state index contributed by atoms with van der Waals surface area (Å²) in [6, 6.07) is 12.0. The van der Waals surface area contributed by atoms with Gasteiger partial charge in [-0.15, -0.1) is 0 Å². The lowest BCUT2D eigenvalue weighted by Crippen LogP contribution is -2.36. The van der Waals surface area contributed by atoms with Crippen LogP contribution in [0.15, 0.2) is 48.7 Å². The Morgan fingerprint density at radius 1 is 1.10 bits per heavy atom. The Kier molecular flexibility index (Phi) is 4.88. The third-order valence-electron chi connectivity index (χ3n) is 6.04. The van der Waals surface area contributed by atoms with Gasteiger partial charge in [-0.25, -0.2) is 14.4 Å². The van der Waals surface area contributed by atoms with E-state index in [-0.39, 0.29) is 5.56 Å². The number of halogens is 1. The Morgan fingerprint density at radius 3 is 2.71 bits per heavy atom. The SMILES string of the molecule is Cc1nccc(N2CCCCc3nc(C4(NC(=O)c5ccccc5F)CC4)ccc32)n1. The molecule has 1 N–H and O–H groups in total. The first-order chi connectivity index (χ1) is 15.1. The van der Waals surface area contributed by atoms with Gasteiger partial charge >= 0.3 is 0 Å². The summed E-state index contributed by atoms with van der Waals surface area (Å²) >= 11 is 0. The summed E-state index contributed by atoms with van der Waals surface area (Å²) in [4.78, 5) is 28.7. The van der Waals surface area contributed by atoms with Crippen LogP contribution in [-0.4, -0.2) is 27.4 Å². The minimum absolute atomic E-state index is 0.0637. The lowest BCUT2D eigenvalue weighted by molar-refractivity contribution is 0.0925. The number of aromatic nitrogens is 3. The number of aryl methyl sites for hydroxylation is 2. The number of nitrogens with zero attached hydrogens (tertiary/aromatic N) is 4. The molecule has 3 aromatic rings. The molecular formula is C24H24FN5O. The predicted molar refractivity (Wildman–Crippen MR) is 116 cm³/mol. The van der Waals surface area contributed by atoms with E-state index in [2.05, 4.69) is 26.3 Å². The zero-order chi connectivity index (χ0) is 21.4. The highest BCUT2D eigenvalue weighted by molar-refractivity contribution is 5.95. The predicted octanol–water partition coefficient (Wildman–Crippen LogP) is 4.21. The zero-order valence-electron chi connectivity index (χ0n) is 17.4. The van der Waals surface area contributed by atoms with Crippen LogP contribution in [-0.2, 0) is 12.0 Å². The van der Waals surface area contributed by atoms with Gasteiger partial charge in [0.25, 0.3) is 5.91 Å². The molecule has 1 aliphatic heterocycles. The lowest BCUT2D eigenvalue weighted by atomic mass is 10.1. The smallest absolute Gasteiger partial charge is 0.255 e. The standard InChI is InChI=1S/C24H24FN5O/c1-16-26-14-11-22(27-16)30-15-5-4-8-19-20(30)9-10-21(28-19)24(12-13-24)29-23(31)17-6-2-3-7-18(17)25/h2-3,6-7,9-11,14H,4-5,8,12-13,15H2,1H3,(H,29,31). The fraction of sp³-hybridized carbons (Fsp3) is 0.333. The van der Waals surface area contributed by atoms with E-state index in [0.717, 1.165) is 67.4 Å². The van der Waals surface area contributed by atoms with Crippen molar-refractivity contribution in [2.45, 2.75) is 44.6 Å². The number of anilines is 2. The molecule has 2 aromatic heterocycles. The summed E-state index contributed by atoms with van der Waals surface area (Å²) in [5.74, 6) is 0.701. The van der Waals surface area contributed by atoms with Crippen molar-refractivity contribution >= 4 is 17.4 Å². The number of pyridine rings is 1. The molecule has 0 radical (unpaired) electrons. The minimum atomic E-state index is -0.517. The minimum Gasteiger partial charge on any atom is -0.341 e. The van der Waals surface area contributed by atoms with Crippen LogP contribution in [0, 0.1) is 12.7 Å². The molecule has 0 saturated heterocycles. The molecular weight excluding hydrogens is 393 g/mol. The molecule has 1 saturated carbocycles. The van der Waals surface area contributed by atoms with Gasteiger partial charge in [0.2, 0.25) is 0 Å². The van der Waals surface area contributed by atoms with Gasteiger partial charge in [-0.2, -0.15) is 0 Å². The number of carbonyl (C=O) groups is 1. The third-order valence-corrected chi connectivity index (χ3v) is 6.04. The van der Waals surface area contributed by atoms with Gasteiger partial charge in [0.1, 0.15) is 17.5 Å². The Morgan fingerprint density at radius 2 is 1.94 bits per heavy atom. The molecule has 3 heterocycles. The molecule has 7 heteroatoms. The van der Waals surface area contributed by atoms with E-state index in [1.807, 2.05) is 19.1 Å². The first-order valence-corrected chi connectivity index (χ1v) is 10.7. The van der Waals surface area contributed by atoms with Crippen molar-refractivity contribution in [3.05, 3.63) is 77.3 Å². The molecule has 0 spiro atoms. The van der Waals surface area contributed by atoms with Gasteiger partial charge in [0.05, 0.1) is 28.2 Å². The van der Waals surface area contributed by atoms with Crippen molar-refractivity contribution in [2.75, 3.05) is 11.4 Å². The van der Waals surface area contributed by atoms with Gasteiger partial charge < -0.3 is 10.2 Å². The number of benzene rings is 1. The quantitative estimate of drug-likeness (QED) is 0.689. The summed E-state index contributed by atoms with van der Waals surface area (Å²) in [5.41, 5.74) is 2.45. The second-order valence-electron chi connectivity index (χ2n) is 8.25. The maximum atomic E-state index is 14.0. The molecule has 1 aliphatic carbocycles. The summed E-state index contributed by atoms with van der Waals surface area (Å²) in [6.07, 6.45) is 6.34. The van der Waals surface area contributed by atoms with Crippen LogP contribution in [0.4, 0.5) is 15.9 Å². The van der Waals surface area contributed by atoms with Crippen LogP contribution in [0.25, 0.3) is 0 Å². The van der Waals surface area contributed by atoms with Crippen LogP contribution in [0.3, 0.4) is 0 Å². The van der Waals surface area contributed by atoms with Gasteiger partial charge in [0, 0.05) is 12.7 Å². The molecule has 0 unspecified atom stereocenters. The molecule has 5 rings (SSSR count). The normalized spacial score (nSPS) is 16.9. The maximum Gasteiger partial charge on any atom is 0.255 e. The van der Waals surface area contributed by atoms with Crippen LogP contribution >= 0.6 is 0 Å². The Hall–Kier alpha value is -3.35. The number of hydrogen-bond acceptors (Lipinski definition) is 5. The van der Waals surface area contributed by atoms with Crippen LogP contribution in [0.1, 0.15) is 53.3 Å². The largest absolute Gasteiger partial charge is 0.341 e. The molecule has 158 valence electrons. The molecule has 0 atom stereocenters. The van der Waals surface area contributed by atoms with E-state index in [1.165, 1.54) is 12.1 Å². The Balaban J connectivity index is 1.45. The molecule has 31 heavy (non-hydrogen) atoms. The second kappa shape index (κ2) is 7.72. The van der Waals surface area contributed by atoms with Crippen molar-refractivity contribution in [1.82, 2.24) is 20.3 Å². The third kappa shape index (κ3) is 3.76. The van der Waals surface area contributed by atoms with Gasteiger partial charge in [-0.3, -0.25) is 9.78 Å². The Labute approximate surface area is 180 Å². The number of carbonyl (C=O) groups excluding carboxylic acids is 1. The molecule has 1 aromatic carbocycles. The molecule has 1 fully saturated rings. The van der Waals surface area contributed by atoms with E-state index in [0.29, 0.717) is 0 Å². The number of hydrogen-bond donors (Lipinski definition) is 1. The monoisotopic (exact) mass is 417 g/mol. The van der Waals surface area contributed by atoms with Crippen LogP contribution < -0.4 is 10.2 Å². The van der Waals surface area contributed by atoms with E-state index in [4.69, 9.17) is 4.98 Å². The summed E-state index contributed by atoms with van der Waals surface area (Å²) in [7, 11) is 0. The van der Waals surface area contributed by atoms with E-state index in [1.54, 1.807) is 18.3 Å². The maximum absolute atomic E-state index is 14.0. The van der Waals surface area contributed by atoms with Crippen LogP contribution in [0.2, 0.25) is 0 Å². The van der Waals surface area contributed by atoms with E-state index >= 15 is 0 Å². The number of amides is 1. The number of rotatable bonds is 4.